The van der Waals surface area contributed by atoms with Gasteiger partial charge < -0.3 is 16.0 Å². The first-order chi connectivity index (χ1) is 15.0. The lowest BCUT2D eigenvalue weighted by Gasteiger charge is -2.10. The number of amides is 3. The Balaban J connectivity index is 1.46. The third-order valence-corrected chi connectivity index (χ3v) is 4.85. The Morgan fingerprint density at radius 2 is 1.58 bits per heavy atom. The number of hydrogen-bond acceptors (Lipinski definition) is 3. The molecule has 0 aliphatic heterocycles. The van der Waals surface area contributed by atoms with Gasteiger partial charge in [0.1, 0.15) is 0 Å². The highest BCUT2D eigenvalue weighted by Gasteiger charge is 2.09. The molecule has 0 aliphatic rings. The van der Waals surface area contributed by atoms with Crippen LogP contribution in [0.5, 0.6) is 0 Å². The molecule has 0 saturated heterocycles. The molecule has 0 fully saturated rings. The van der Waals surface area contributed by atoms with E-state index in [2.05, 4.69) is 16.0 Å². The maximum Gasteiger partial charge on any atom is 0.239 e. The molecule has 0 atom stereocenters. The zero-order chi connectivity index (χ0) is 22.1. The van der Waals surface area contributed by atoms with Gasteiger partial charge in [0.25, 0.3) is 0 Å². The van der Waals surface area contributed by atoms with Crippen LogP contribution in [0.1, 0.15) is 30.9 Å². The Hall–Kier alpha value is -3.67. The normalized spacial score (nSPS) is 10.5. The van der Waals surface area contributed by atoms with Gasteiger partial charge in [-0.05, 0) is 40.5 Å². The highest BCUT2D eigenvalue weighted by molar-refractivity contribution is 5.92. The minimum Gasteiger partial charge on any atom is -0.350 e. The highest BCUT2D eigenvalue weighted by atomic mass is 16.2. The zero-order valence-electron chi connectivity index (χ0n) is 17.6. The van der Waals surface area contributed by atoms with Crippen LogP contribution in [0.2, 0.25) is 0 Å². The van der Waals surface area contributed by atoms with Gasteiger partial charge in [0.2, 0.25) is 17.7 Å². The standard InChI is InChI=1S/C25H27N3O3/c1-2-7-23(29)28-21-12-5-8-18(14-21)16-26-25(31)17-27-24(30)15-20-11-6-10-19-9-3-4-13-22(19)20/h3-6,8-14H,2,7,15-17H2,1H3,(H,26,31)(H,27,30)(H,28,29). The van der Waals surface area contributed by atoms with E-state index in [-0.39, 0.29) is 30.7 Å². The third kappa shape index (κ3) is 6.67. The van der Waals surface area contributed by atoms with Crippen molar-refractivity contribution in [3.63, 3.8) is 0 Å². The Bertz CT molecular complexity index is 1070. The second-order valence-corrected chi connectivity index (χ2v) is 7.37. The molecule has 0 heterocycles. The molecular formula is C25H27N3O3. The average Bonchev–Trinajstić information content (AvgIpc) is 2.77. The molecule has 0 radical (unpaired) electrons. The summed E-state index contributed by atoms with van der Waals surface area (Å²) >= 11 is 0. The largest absolute Gasteiger partial charge is 0.350 e. The molecule has 0 spiro atoms. The van der Waals surface area contributed by atoms with Crippen LogP contribution < -0.4 is 16.0 Å². The summed E-state index contributed by atoms with van der Waals surface area (Å²) in [5.74, 6) is -0.503. The van der Waals surface area contributed by atoms with Crippen molar-refractivity contribution >= 4 is 34.2 Å². The fraction of sp³-hybridized carbons (Fsp3) is 0.240. The van der Waals surface area contributed by atoms with Gasteiger partial charge in [-0.25, -0.2) is 0 Å². The van der Waals surface area contributed by atoms with Crippen LogP contribution in [0.3, 0.4) is 0 Å². The van der Waals surface area contributed by atoms with Gasteiger partial charge in [0.05, 0.1) is 13.0 Å². The number of fused-ring (bicyclic) bond motifs is 1. The molecule has 3 N–H and O–H groups in total. The number of anilines is 1. The monoisotopic (exact) mass is 417 g/mol. The number of carbonyl (C=O) groups excluding carboxylic acids is 3. The van der Waals surface area contributed by atoms with E-state index in [0.717, 1.165) is 28.3 Å². The molecule has 3 aromatic rings. The number of rotatable bonds is 9. The first-order valence-corrected chi connectivity index (χ1v) is 10.4. The van der Waals surface area contributed by atoms with Crippen molar-refractivity contribution in [3.05, 3.63) is 77.9 Å². The summed E-state index contributed by atoms with van der Waals surface area (Å²) in [6.07, 6.45) is 1.47. The van der Waals surface area contributed by atoms with Crippen molar-refractivity contribution in [2.45, 2.75) is 32.7 Å². The van der Waals surface area contributed by atoms with E-state index in [1.807, 2.05) is 73.7 Å². The molecule has 6 nitrogen and oxygen atoms in total. The number of hydrogen-bond donors (Lipinski definition) is 3. The Morgan fingerprint density at radius 1 is 0.806 bits per heavy atom. The van der Waals surface area contributed by atoms with Crippen molar-refractivity contribution in [1.82, 2.24) is 10.6 Å². The van der Waals surface area contributed by atoms with Gasteiger partial charge in [-0.15, -0.1) is 0 Å². The zero-order valence-corrected chi connectivity index (χ0v) is 17.6. The van der Waals surface area contributed by atoms with Gasteiger partial charge >= 0.3 is 0 Å². The van der Waals surface area contributed by atoms with E-state index < -0.39 is 0 Å². The maximum atomic E-state index is 12.3. The molecule has 3 rings (SSSR count). The summed E-state index contributed by atoms with van der Waals surface area (Å²) in [6, 6.07) is 21.1. The lowest BCUT2D eigenvalue weighted by atomic mass is 10.0. The third-order valence-electron chi connectivity index (χ3n) is 4.85. The smallest absolute Gasteiger partial charge is 0.239 e. The van der Waals surface area contributed by atoms with Crippen LogP contribution in [0.15, 0.2) is 66.7 Å². The second kappa shape index (κ2) is 10.9. The first-order valence-electron chi connectivity index (χ1n) is 10.4. The number of benzene rings is 3. The summed E-state index contributed by atoms with van der Waals surface area (Å²) in [5.41, 5.74) is 2.50. The molecule has 31 heavy (non-hydrogen) atoms. The lowest BCUT2D eigenvalue weighted by Crippen LogP contribution is -2.37. The van der Waals surface area contributed by atoms with Crippen molar-refractivity contribution < 1.29 is 14.4 Å². The van der Waals surface area contributed by atoms with Gasteiger partial charge in [-0.3, -0.25) is 14.4 Å². The van der Waals surface area contributed by atoms with Crippen molar-refractivity contribution in [3.8, 4) is 0 Å². The predicted molar refractivity (Wildman–Crippen MR) is 122 cm³/mol. The summed E-state index contributed by atoms with van der Waals surface area (Å²) in [7, 11) is 0. The highest BCUT2D eigenvalue weighted by Crippen LogP contribution is 2.18. The maximum absolute atomic E-state index is 12.3. The Morgan fingerprint density at radius 3 is 2.42 bits per heavy atom. The quantitative estimate of drug-likeness (QED) is 0.498. The van der Waals surface area contributed by atoms with Crippen LogP contribution in [-0.4, -0.2) is 24.3 Å². The van der Waals surface area contributed by atoms with Crippen LogP contribution in [0, 0.1) is 0 Å². The van der Waals surface area contributed by atoms with Gasteiger partial charge in [0, 0.05) is 18.7 Å². The van der Waals surface area contributed by atoms with E-state index in [0.29, 0.717) is 18.7 Å². The lowest BCUT2D eigenvalue weighted by molar-refractivity contribution is -0.125. The summed E-state index contributed by atoms with van der Waals surface area (Å²) in [6.45, 7) is 2.18. The van der Waals surface area contributed by atoms with Crippen LogP contribution in [-0.2, 0) is 27.3 Å². The van der Waals surface area contributed by atoms with E-state index >= 15 is 0 Å². The topological polar surface area (TPSA) is 87.3 Å². The summed E-state index contributed by atoms with van der Waals surface area (Å²) in [5, 5.41) is 10.4. The molecule has 3 amide bonds. The SMILES string of the molecule is CCCC(=O)Nc1cccc(CNC(=O)CNC(=O)Cc2cccc3ccccc23)c1. The fourth-order valence-corrected chi connectivity index (χ4v) is 3.33. The van der Waals surface area contributed by atoms with Crippen molar-refractivity contribution in [2.24, 2.45) is 0 Å². The molecule has 3 aromatic carbocycles. The minimum absolute atomic E-state index is 0.0300. The van der Waals surface area contributed by atoms with Crippen molar-refractivity contribution in [2.75, 3.05) is 11.9 Å². The fourth-order valence-electron chi connectivity index (χ4n) is 3.33. The second-order valence-electron chi connectivity index (χ2n) is 7.37. The number of carbonyl (C=O) groups is 3. The molecule has 0 aromatic heterocycles. The van der Waals surface area contributed by atoms with E-state index in [9.17, 15) is 14.4 Å². The molecule has 0 unspecified atom stereocenters. The molecule has 160 valence electrons. The molecule has 0 aliphatic carbocycles. The van der Waals surface area contributed by atoms with Gasteiger partial charge in [-0.1, -0.05) is 61.5 Å². The van der Waals surface area contributed by atoms with E-state index in [1.54, 1.807) is 0 Å². The first kappa shape index (κ1) is 22.0. The summed E-state index contributed by atoms with van der Waals surface area (Å²) < 4.78 is 0. The Kier molecular flexibility index (Phi) is 7.76. The van der Waals surface area contributed by atoms with Crippen LogP contribution >= 0.6 is 0 Å². The van der Waals surface area contributed by atoms with Crippen molar-refractivity contribution in [1.29, 1.82) is 0 Å². The minimum atomic E-state index is -0.272. The molecular weight excluding hydrogens is 390 g/mol. The Labute approximate surface area is 182 Å². The van der Waals surface area contributed by atoms with Crippen LogP contribution in [0.4, 0.5) is 5.69 Å². The van der Waals surface area contributed by atoms with Crippen LogP contribution in [0.25, 0.3) is 10.8 Å². The molecule has 0 saturated carbocycles. The van der Waals surface area contributed by atoms with E-state index in [1.165, 1.54) is 0 Å². The molecule has 0 bridgehead atoms. The number of nitrogens with one attached hydrogen (secondary N) is 3. The average molecular weight is 418 g/mol. The van der Waals surface area contributed by atoms with Gasteiger partial charge in [0.15, 0.2) is 0 Å². The summed E-state index contributed by atoms with van der Waals surface area (Å²) in [4.78, 5) is 36.2. The predicted octanol–water partition coefficient (Wildman–Crippen LogP) is 3.55. The molecule has 6 heteroatoms. The van der Waals surface area contributed by atoms with E-state index in [4.69, 9.17) is 0 Å². The van der Waals surface area contributed by atoms with Gasteiger partial charge in [-0.2, -0.15) is 0 Å².